The molecule has 1 aromatic carbocycles. The van der Waals surface area contributed by atoms with Gasteiger partial charge in [0.1, 0.15) is 0 Å². The molecule has 0 bridgehead atoms. The molecule has 0 aliphatic heterocycles. The SMILES string of the molecule is CN(C)c1noc(COc2nc(-c3ccccc3Cl)no2)n1. The zero-order chi connectivity index (χ0) is 15.5. The molecule has 0 atom stereocenters. The van der Waals surface area contributed by atoms with Crippen molar-refractivity contribution < 1.29 is 13.8 Å². The highest BCUT2D eigenvalue weighted by molar-refractivity contribution is 6.33. The van der Waals surface area contributed by atoms with Crippen LogP contribution in [0.25, 0.3) is 11.4 Å². The molecule has 8 nitrogen and oxygen atoms in total. The summed E-state index contributed by atoms with van der Waals surface area (Å²) in [7, 11) is 3.62. The molecule has 2 aromatic heterocycles. The van der Waals surface area contributed by atoms with Crippen LogP contribution in [0.5, 0.6) is 6.08 Å². The Morgan fingerprint density at radius 3 is 2.68 bits per heavy atom. The lowest BCUT2D eigenvalue weighted by molar-refractivity contribution is 0.169. The van der Waals surface area contributed by atoms with Crippen molar-refractivity contribution >= 4 is 17.5 Å². The standard InChI is InChI=1S/C13H12ClN5O3/c1-19(2)12-15-10(21-18-12)7-20-13-16-11(17-22-13)8-5-3-4-6-9(8)14/h3-6H,7H2,1-2H3. The van der Waals surface area contributed by atoms with E-state index >= 15 is 0 Å². The van der Waals surface area contributed by atoms with Crippen molar-refractivity contribution in [3.63, 3.8) is 0 Å². The summed E-state index contributed by atoms with van der Waals surface area (Å²) >= 11 is 6.07. The maximum atomic E-state index is 6.07. The minimum Gasteiger partial charge on any atom is -0.439 e. The topological polar surface area (TPSA) is 90.3 Å². The Balaban J connectivity index is 1.68. The summed E-state index contributed by atoms with van der Waals surface area (Å²) in [6, 6.07) is 7.19. The van der Waals surface area contributed by atoms with Gasteiger partial charge in [0.15, 0.2) is 6.61 Å². The fourth-order valence-electron chi connectivity index (χ4n) is 1.63. The van der Waals surface area contributed by atoms with E-state index in [0.29, 0.717) is 28.2 Å². The minimum atomic E-state index is -0.000442. The third-order valence-corrected chi connectivity index (χ3v) is 3.03. The predicted octanol–water partition coefficient (Wildman–Crippen LogP) is 2.42. The van der Waals surface area contributed by atoms with E-state index in [1.807, 2.05) is 26.2 Å². The molecule has 9 heteroatoms. The number of rotatable bonds is 5. The van der Waals surface area contributed by atoms with Crippen molar-refractivity contribution in [1.29, 1.82) is 0 Å². The second kappa shape index (κ2) is 6.02. The van der Waals surface area contributed by atoms with Gasteiger partial charge in [-0.15, -0.1) is 0 Å². The van der Waals surface area contributed by atoms with Gasteiger partial charge in [0, 0.05) is 19.7 Å². The number of anilines is 1. The van der Waals surface area contributed by atoms with Crippen LogP contribution < -0.4 is 9.64 Å². The lowest BCUT2D eigenvalue weighted by atomic mass is 10.2. The zero-order valence-electron chi connectivity index (χ0n) is 11.9. The highest BCUT2D eigenvalue weighted by atomic mass is 35.5. The van der Waals surface area contributed by atoms with Crippen LogP contribution in [-0.2, 0) is 6.61 Å². The molecule has 3 rings (SSSR count). The number of hydrogen-bond acceptors (Lipinski definition) is 8. The lowest BCUT2D eigenvalue weighted by Crippen LogP contribution is -2.10. The maximum Gasteiger partial charge on any atom is 0.418 e. The molecule has 0 saturated carbocycles. The molecule has 0 amide bonds. The first-order valence-electron chi connectivity index (χ1n) is 6.35. The van der Waals surface area contributed by atoms with Crippen LogP contribution in [0.15, 0.2) is 33.3 Å². The van der Waals surface area contributed by atoms with Crippen LogP contribution in [0.1, 0.15) is 5.89 Å². The van der Waals surface area contributed by atoms with E-state index in [4.69, 9.17) is 25.4 Å². The van der Waals surface area contributed by atoms with E-state index in [1.54, 1.807) is 17.0 Å². The summed E-state index contributed by atoms with van der Waals surface area (Å²) < 4.78 is 15.4. The largest absolute Gasteiger partial charge is 0.439 e. The van der Waals surface area contributed by atoms with Crippen LogP contribution in [0, 0.1) is 0 Å². The van der Waals surface area contributed by atoms with Crippen molar-refractivity contribution in [2.75, 3.05) is 19.0 Å². The number of nitrogens with zero attached hydrogens (tertiary/aromatic N) is 5. The smallest absolute Gasteiger partial charge is 0.418 e. The summed E-state index contributed by atoms with van der Waals surface area (Å²) in [6.45, 7) is 0.0327. The Morgan fingerprint density at radius 2 is 1.95 bits per heavy atom. The minimum absolute atomic E-state index is 0.000442. The van der Waals surface area contributed by atoms with Crippen molar-refractivity contribution in [1.82, 2.24) is 20.3 Å². The number of halogens is 1. The Morgan fingerprint density at radius 1 is 1.14 bits per heavy atom. The van der Waals surface area contributed by atoms with Crippen LogP contribution >= 0.6 is 11.6 Å². The van der Waals surface area contributed by atoms with Crippen molar-refractivity contribution in [3.05, 3.63) is 35.2 Å². The predicted molar refractivity (Wildman–Crippen MR) is 77.7 cm³/mol. The molecule has 0 aliphatic rings. The molecule has 0 saturated heterocycles. The molecule has 22 heavy (non-hydrogen) atoms. The van der Waals surface area contributed by atoms with Gasteiger partial charge < -0.3 is 14.2 Å². The molecule has 0 unspecified atom stereocenters. The van der Waals surface area contributed by atoms with E-state index < -0.39 is 0 Å². The molecule has 0 spiro atoms. The number of benzene rings is 1. The Hall–Kier alpha value is -2.61. The zero-order valence-corrected chi connectivity index (χ0v) is 12.6. The number of ether oxygens (including phenoxy) is 1. The highest BCUT2D eigenvalue weighted by Gasteiger charge is 2.14. The van der Waals surface area contributed by atoms with Crippen molar-refractivity contribution in [2.24, 2.45) is 0 Å². The third-order valence-electron chi connectivity index (χ3n) is 2.70. The Labute approximate surface area is 130 Å². The summed E-state index contributed by atoms with van der Waals surface area (Å²) in [4.78, 5) is 9.95. The van der Waals surface area contributed by atoms with E-state index in [1.165, 1.54) is 0 Å². The fraction of sp³-hybridized carbons (Fsp3) is 0.231. The van der Waals surface area contributed by atoms with Gasteiger partial charge in [-0.2, -0.15) is 9.97 Å². The number of hydrogen-bond donors (Lipinski definition) is 0. The maximum absolute atomic E-state index is 6.07. The normalized spacial score (nSPS) is 10.7. The van der Waals surface area contributed by atoms with Crippen LogP contribution in [-0.4, -0.2) is 34.4 Å². The van der Waals surface area contributed by atoms with E-state index in [-0.39, 0.29) is 12.7 Å². The van der Waals surface area contributed by atoms with E-state index in [2.05, 4.69) is 20.3 Å². The molecule has 2 heterocycles. The first kappa shape index (κ1) is 14.3. The van der Waals surface area contributed by atoms with Crippen molar-refractivity contribution in [3.8, 4) is 17.5 Å². The molecule has 0 radical (unpaired) electrons. The van der Waals surface area contributed by atoms with Gasteiger partial charge in [-0.05, 0) is 17.3 Å². The summed E-state index contributed by atoms with van der Waals surface area (Å²) in [5.74, 6) is 1.11. The van der Waals surface area contributed by atoms with Gasteiger partial charge in [0.2, 0.25) is 5.82 Å². The second-order valence-electron chi connectivity index (χ2n) is 4.53. The average Bonchev–Trinajstić information content (AvgIpc) is 3.15. The number of aromatic nitrogens is 4. The highest BCUT2D eigenvalue weighted by Crippen LogP contribution is 2.26. The second-order valence-corrected chi connectivity index (χ2v) is 4.94. The van der Waals surface area contributed by atoms with Gasteiger partial charge in [0.05, 0.1) is 5.02 Å². The van der Waals surface area contributed by atoms with E-state index in [9.17, 15) is 0 Å². The average molecular weight is 322 g/mol. The van der Waals surface area contributed by atoms with Crippen LogP contribution in [0.3, 0.4) is 0 Å². The Kier molecular flexibility index (Phi) is 3.92. The molecular formula is C13H12ClN5O3. The fourth-order valence-corrected chi connectivity index (χ4v) is 1.85. The third kappa shape index (κ3) is 3.01. The molecule has 3 aromatic rings. The van der Waals surface area contributed by atoms with Gasteiger partial charge >= 0.3 is 6.08 Å². The van der Waals surface area contributed by atoms with E-state index in [0.717, 1.165) is 0 Å². The van der Waals surface area contributed by atoms with Gasteiger partial charge in [-0.1, -0.05) is 28.9 Å². The van der Waals surface area contributed by atoms with Gasteiger partial charge in [-0.3, -0.25) is 4.52 Å². The molecule has 0 N–H and O–H groups in total. The summed E-state index contributed by atoms with van der Waals surface area (Å²) in [5, 5.41) is 8.12. The Bertz CT molecular complexity index is 770. The molecule has 0 fully saturated rings. The monoisotopic (exact) mass is 321 g/mol. The molecular weight excluding hydrogens is 310 g/mol. The molecule has 0 aliphatic carbocycles. The lowest BCUT2D eigenvalue weighted by Gasteiger charge is -2.02. The summed E-state index contributed by atoms with van der Waals surface area (Å²) in [6.07, 6.45) is -0.000442. The molecule has 114 valence electrons. The van der Waals surface area contributed by atoms with Crippen LogP contribution in [0.2, 0.25) is 5.02 Å². The van der Waals surface area contributed by atoms with Crippen molar-refractivity contribution in [2.45, 2.75) is 6.61 Å². The summed E-state index contributed by atoms with van der Waals surface area (Å²) in [5.41, 5.74) is 0.662. The first-order valence-corrected chi connectivity index (χ1v) is 6.72. The van der Waals surface area contributed by atoms with Gasteiger partial charge in [0.25, 0.3) is 11.8 Å². The quantitative estimate of drug-likeness (QED) is 0.707. The van der Waals surface area contributed by atoms with Gasteiger partial charge in [-0.25, -0.2) is 0 Å². The van der Waals surface area contributed by atoms with Crippen LogP contribution in [0.4, 0.5) is 5.95 Å². The first-order chi connectivity index (χ1) is 10.6.